The molecule has 0 saturated carbocycles. The molecule has 96 valence electrons. The van der Waals surface area contributed by atoms with Gasteiger partial charge in [0.1, 0.15) is 0 Å². The number of aromatic nitrogens is 1. The summed E-state index contributed by atoms with van der Waals surface area (Å²) in [4.78, 5) is 13.8. The zero-order chi connectivity index (χ0) is 12.1. The van der Waals surface area contributed by atoms with Crippen LogP contribution in [0, 0.1) is 5.92 Å². The van der Waals surface area contributed by atoms with E-state index in [0.29, 0.717) is 5.92 Å². The van der Waals surface area contributed by atoms with E-state index in [0.717, 1.165) is 18.5 Å². The van der Waals surface area contributed by atoms with Crippen molar-refractivity contribution in [3.8, 4) is 0 Å². The Kier molecular flexibility index (Phi) is 2.37. The first-order valence-corrected chi connectivity index (χ1v) is 7.37. The second kappa shape index (κ2) is 3.95. The lowest BCUT2D eigenvalue weighted by Gasteiger charge is -2.47. The standard InChI is InChI=1S/C15H20N2O/c18-15-6-3-5-14-11-8-12(10-17(14)15)13-4-1-2-7-16(13)9-11/h3,5-6,11-13H,1-2,4,7-10H2/p+1/t11-,12-,13-/m1/s1. The second-order valence-electron chi connectivity index (χ2n) is 6.31. The van der Waals surface area contributed by atoms with Crippen LogP contribution in [0.15, 0.2) is 23.0 Å². The summed E-state index contributed by atoms with van der Waals surface area (Å²) in [6, 6.07) is 6.66. The number of quaternary nitrogens is 1. The third-order valence-electron chi connectivity index (χ3n) is 5.37. The fourth-order valence-electron chi connectivity index (χ4n) is 4.61. The predicted molar refractivity (Wildman–Crippen MR) is 69.9 cm³/mol. The van der Waals surface area contributed by atoms with E-state index < -0.39 is 0 Å². The van der Waals surface area contributed by atoms with Gasteiger partial charge < -0.3 is 9.47 Å². The van der Waals surface area contributed by atoms with E-state index in [-0.39, 0.29) is 5.56 Å². The quantitative estimate of drug-likeness (QED) is 0.704. The molecule has 1 unspecified atom stereocenters. The molecule has 2 saturated heterocycles. The Morgan fingerprint density at radius 1 is 1.28 bits per heavy atom. The lowest BCUT2D eigenvalue weighted by atomic mass is 9.75. The zero-order valence-corrected chi connectivity index (χ0v) is 10.8. The summed E-state index contributed by atoms with van der Waals surface area (Å²) >= 11 is 0. The molecule has 3 nitrogen and oxygen atoms in total. The van der Waals surface area contributed by atoms with Crippen LogP contribution in [0.4, 0.5) is 0 Å². The first-order chi connectivity index (χ1) is 8.83. The van der Waals surface area contributed by atoms with E-state index >= 15 is 0 Å². The molecule has 0 spiro atoms. The van der Waals surface area contributed by atoms with Crippen LogP contribution in [0.5, 0.6) is 0 Å². The first-order valence-electron chi connectivity index (χ1n) is 7.37. The number of hydrogen-bond donors (Lipinski definition) is 1. The molecule has 18 heavy (non-hydrogen) atoms. The van der Waals surface area contributed by atoms with Gasteiger partial charge in [0.25, 0.3) is 5.56 Å². The van der Waals surface area contributed by atoms with Crippen molar-refractivity contribution >= 4 is 0 Å². The number of fused-ring (bicyclic) bond motifs is 6. The van der Waals surface area contributed by atoms with Gasteiger partial charge in [0.2, 0.25) is 0 Å². The van der Waals surface area contributed by atoms with Crippen LogP contribution >= 0.6 is 0 Å². The van der Waals surface area contributed by atoms with Gasteiger partial charge in [-0.1, -0.05) is 6.07 Å². The van der Waals surface area contributed by atoms with Gasteiger partial charge in [-0.15, -0.1) is 0 Å². The fraction of sp³-hybridized carbons (Fsp3) is 0.667. The normalized spacial score (nSPS) is 37.8. The smallest absolute Gasteiger partial charge is 0.250 e. The topological polar surface area (TPSA) is 26.4 Å². The van der Waals surface area contributed by atoms with Crippen LogP contribution in [0.1, 0.15) is 37.3 Å². The average Bonchev–Trinajstić information content (AvgIpc) is 2.40. The minimum absolute atomic E-state index is 0.210. The van der Waals surface area contributed by atoms with E-state index in [9.17, 15) is 4.79 Å². The van der Waals surface area contributed by atoms with Crippen molar-refractivity contribution in [2.75, 3.05) is 13.1 Å². The van der Waals surface area contributed by atoms with Crippen LogP contribution in [0.3, 0.4) is 0 Å². The number of rotatable bonds is 0. The maximum Gasteiger partial charge on any atom is 0.250 e. The monoisotopic (exact) mass is 245 g/mol. The summed E-state index contributed by atoms with van der Waals surface area (Å²) < 4.78 is 2.06. The lowest BCUT2D eigenvalue weighted by molar-refractivity contribution is -0.942. The van der Waals surface area contributed by atoms with Crippen molar-refractivity contribution in [1.29, 1.82) is 0 Å². The van der Waals surface area contributed by atoms with Gasteiger partial charge >= 0.3 is 0 Å². The number of hydrogen-bond acceptors (Lipinski definition) is 1. The van der Waals surface area contributed by atoms with Crippen molar-refractivity contribution in [2.24, 2.45) is 5.92 Å². The van der Waals surface area contributed by atoms with E-state index in [1.807, 2.05) is 11.0 Å². The highest BCUT2D eigenvalue weighted by Gasteiger charge is 2.44. The Bertz CT molecular complexity index is 521. The van der Waals surface area contributed by atoms with Crippen molar-refractivity contribution in [2.45, 2.75) is 44.2 Å². The Morgan fingerprint density at radius 2 is 2.22 bits per heavy atom. The van der Waals surface area contributed by atoms with E-state index in [1.165, 1.54) is 44.5 Å². The molecule has 0 aromatic carbocycles. The molecule has 0 amide bonds. The molecule has 1 N–H and O–H groups in total. The summed E-state index contributed by atoms with van der Waals surface area (Å²) in [5, 5.41) is 0. The molecule has 2 bridgehead atoms. The largest absolute Gasteiger partial charge is 0.332 e. The summed E-state index contributed by atoms with van der Waals surface area (Å²) in [5.41, 5.74) is 1.51. The highest BCUT2D eigenvalue weighted by atomic mass is 16.1. The second-order valence-corrected chi connectivity index (χ2v) is 6.31. The molecular formula is C15H21N2O+. The summed E-state index contributed by atoms with van der Waals surface area (Å²) in [5.74, 6) is 1.37. The maximum atomic E-state index is 12.0. The number of pyridine rings is 1. The maximum absolute atomic E-state index is 12.0. The fourth-order valence-corrected chi connectivity index (χ4v) is 4.61. The van der Waals surface area contributed by atoms with E-state index in [2.05, 4.69) is 10.6 Å². The van der Waals surface area contributed by atoms with Crippen molar-refractivity contribution < 1.29 is 4.90 Å². The van der Waals surface area contributed by atoms with Gasteiger partial charge in [-0.2, -0.15) is 0 Å². The molecule has 2 fully saturated rings. The van der Waals surface area contributed by atoms with Crippen LogP contribution in [-0.4, -0.2) is 23.7 Å². The van der Waals surface area contributed by atoms with E-state index in [4.69, 9.17) is 0 Å². The average molecular weight is 245 g/mol. The van der Waals surface area contributed by atoms with Crippen molar-refractivity contribution in [3.05, 3.63) is 34.2 Å². The summed E-state index contributed by atoms with van der Waals surface area (Å²) in [7, 11) is 0. The van der Waals surface area contributed by atoms with Gasteiger partial charge in [-0.3, -0.25) is 4.79 Å². The van der Waals surface area contributed by atoms with Crippen LogP contribution in [-0.2, 0) is 6.54 Å². The molecule has 4 rings (SSSR count). The molecular weight excluding hydrogens is 224 g/mol. The predicted octanol–water partition coefficient (Wildman–Crippen LogP) is 0.403. The highest BCUT2D eigenvalue weighted by Crippen LogP contribution is 2.34. The minimum Gasteiger partial charge on any atom is -0.332 e. The molecule has 4 atom stereocenters. The third-order valence-corrected chi connectivity index (χ3v) is 5.37. The van der Waals surface area contributed by atoms with Gasteiger partial charge in [0.15, 0.2) is 0 Å². The molecule has 4 heterocycles. The Balaban J connectivity index is 1.76. The lowest BCUT2D eigenvalue weighted by Crippen LogP contribution is -3.19. The Morgan fingerprint density at radius 3 is 3.17 bits per heavy atom. The van der Waals surface area contributed by atoms with Gasteiger partial charge in [0.05, 0.1) is 19.1 Å². The van der Waals surface area contributed by atoms with Crippen LogP contribution in [0.25, 0.3) is 0 Å². The molecule has 0 radical (unpaired) electrons. The number of piperidine rings is 2. The molecule has 3 aliphatic rings. The highest BCUT2D eigenvalue weighted by molar-refractivity contribution is 5.16. The first kappa shape index (κ1) is 10.8. The minimum atomic E-state index is 0.210. The molecule has 1 aromatic rings. The number of nitrogens with one attached hydrogen (secondary N) is 1. The molecule has 3 aliphatic heterocycles. The van der Waals surface area contributed by atoms with E-state index in [1.54, 1.807) is 6.07 Å². The molecule has 0 aliphatic carbocycles. The van der Waals surface area contributed by atoms with Crippen LogP contribution in [0.2, 0.25) is 0 Å². The molecule has 3 heteroatoms. The molecule has 1 aromatic heterocycles. The van der Waals surface area contributed by atoms with Crippen molar-refractivity contribution in [1.82, 2.24) is 4.57 Å². The summed E-state index contributed by atoms with van der Waals surface area (Å²) in [6.07, 6.45) is 5.49. The Labute approximate surface area is 107 Å². The van der Waals surface area contributed by atoms with Crippen LogP contribution < -0.4 is 10.5 Å². The Hall–Kier alpha value is -1.09. The zero-order valence-electron chi connectivity index (χ0n) is 10.8. The van der Waals surface area contributed by atoms with Crippen molar-refractivity contribution in [3.63, 3.8) is 0 Å². The third kappa shape index (κ3) is 1.50. The van der Waals surface area contributed by atoms with Gasteiger partial charge in [-0.25, -0.2) is 0 Å². The van der Waals surface area contributed by atoms with Gasteiger partial charge in [-0.05, 0) is 31.7 Å². The number of nitrogens with zero attached hydrogens (tertiary/aromatic N) is 1. The summed E-state index contributed by atoms with van der Waals surface area (Å²) in [6.45, 7) is 3.58. The SMILES string of the molecule is O=c1cccc2n1C[C@H]1C[C@@H]2C[NH+]2CCCC[C@H]12. The van der Waals surface area contributed by atoms with Gasteiger partial charge in [0, 0.05) is 30.1 Å².